The number of aromatic nitrogens is 2. The minimum absolute atomic E-state index is 0.908. The van der Waals surface area contributed by atoms with Crippen LogP contribution in [0, 0.1) is 0 Å². The summed E-state index contributed by atoms with van der Waals surface area (Å²) in [4.78, 5) is 17.1. The highest BCUT2D eigenvalue weighted by atomic mass is 32.1. The van der Waals surface area contributed by atoms with Crippen LogP contribution in [0.5, 0.6) is 5.75 Å². The van der Waals surface area contributed by atoms with Crippen LogP contribution >= 0.6 is 11.3 Å². The Kier molecular flexibility index (Phi) is 6.22. The van der Waals surface area contributed by atoms with Crippen molar-refractivity contribution in [2.75, 3.05) is 56.2 Å². The summed E-state index contributed by atoms with van der Waals surface area (Å²) in [5, 5.41) is 4.62. The summed E-state index contributed by atoms with van der Waals surface area (Å²) in [7, 11) is 1.75. The molecule has 2 aliphatic heterocycles. The van der Waals surface area contributed by atoms with Gasteiger partial charge in [0.2, 0.25) is 0 Å². The highest BCUT2D eigenvalue weighted by molar-refractivity contribution is 7.13. The molecule has 2 saturated heterocycles. The van der Waals surface area contributed by atoms with E-state index in [-0.39, 0.29) is 0 Å². The fourth-order valence-corrected chi connectivity index (χ4v) is 5.63. The van der Waals surface area contributed by atoms with E-state index >= 15 is 0 Å². The Morgan fingerprint density at radius 1 is 0.935 bits per heavy atom. The normalized spacial score (nSPS) is 18.4. The minimum atomic E-state index is 0.908. The summed E-state index contributed by atoms with van der Waals surface area (Å²) >= 11 is 1.81. The first-order chi connectivity index (χ1) is 15.3. The van der Waals surface area contributed by atoms with Gasteiger partial charge in [0, 0.05) is 62.8 Å². The smallest absolute Gasteiger partial charge is 0.185 e. The summed E-state index contributed by atoms with van der Waals surface area (Å²) < 4.78 is 5.72. The maximum Gasteiger partial charge on any atom is 0.185 e. The van der Waals surface area contributed by atoms with Crippen molar-refractivity contribution in [2.45, 2.75) is 32.2 Å². The van der Waals surface area contributed by atoms with Gasteiger partial charge >= 0.3 is 0 Å². The Morgan fingerprint density at radius 3 is 2.68 bits per heavy atom. The van der Waals surface area contributed by atoms with Gasteiger partial charge < -0.3 is 14.5 Å². The number of benzene rings is 1. The number of thiazole rings is 1. The second-order valence-electron chi connectivity index (χ2n) is 8.48. The lowest BCUT2D eigenvalue weighted by Gasteiger charge is -2.26. The zero-order valence-electron chi connectivity index (χ0n) is 18.3. The third-order valence-corrected chi connectivity index (χ3v) is 7.34. The van der Waals surface area contributed by atoms with Crippen molar-refractivity contribution in [3.8, 4) is 5.75 Å². The van der Waals surface area contributed by atoms with E-state index in [0.29, 0.717) is 0 Å². The number of piperidine rings is 1. The number of nitrogens with zero attached hydrogens (tertiary/aromatic N) is 5. The summed E-state index contributed by atoms with van der Waals surface area (Å²) in [6.45, 7) is 7.34. The van der Waals surface area contributed by atoms with Crippen LogP contribution in [-0.4, -0.2) is 61.2 Å². The molecule has 0 saturated carbocycles. The van der Waals surface area contributed by atoms with E-state index < -0.39 is 0 Å². The molecule has 2 aromatic heterocycles. The summed E-state index contributed by atoms with van der Waals surface area (Å²) in [5.41, 5.74) is 3.37. The number of anilines is 2. The molecule has 6 nitrogen and oxygen atoms in total. The van der Waals surface area contributed by atoms with Crippen molar-refractivity contribution in [3.05, 3.63) is 41.5 Å². The topological polar surface area (TPSA) is 44.7 Å². The molecule has 0 amide bonds. The van der Waals surface area contributed by atoms with Gasteiger partial charge in [0.1, 0.15) is 11.4 Å². The van der Waals surface area contributed by atoms with Crippen molar-refractivity contribution >= 4 is 33.1 Å². The SMILES string of the molecule is COc1ccc2cccnc2c1N1CCCN(Cc2csc(N3CCCCC3)n2)CC1. The predicted octanol–water partition coefficient (Wildman–Crippen LogP) is 4.40. The van der Waals surface area contributed by atoms with Crippen molar-refractivity contribution in [3.63, 3.8) is 0 Å². The molecule has 0 spiro atoms. The maximum atomic E-state index is 5.72. The minimum Gasteiger partial charge on any atom is -0.494 e. The molecule has 31 heavy (non-hydrogen) atoms. The first-order valence-electron chi connectivity index (χ1n) is 11.4. The molecule has 3 aromatic rings. The van der Waals surface area contributed by atoms with Gasteiger partial charge in [0.05, 0.1) is 18.3 Å². The lowest BCUT2D eigenvalue weighted by Crippen LogP contribution is -2.31. The largest absolute Gasteiger partial charge is 0.494 e. The lowest BCUT2D eigenvalue weighted by atomic mass is 10.1. The van der Waals surface area contributed by atoms with Crippen LogP contribution in [0.4, 0.5) is 10.8 Å². The van der Waals surface area contributed by atoms with Crippen molar-refractivity contribution in [2.24, 2.45) is 0 Å². The van der Waals surface area contributed by atoms with Crippen molar-refractivity contribution in [1.29, 1.82) is 0 Å². The van der Waals surface area contributed by atoms with E-state index in [1.165, 1.54) is 30.1 Å². The molecule has 4 heterocycles. The number of ether oxygens (including phenoxy) is 1. The van der Waals surface area contributed by atoms with E-state index in [1.54, 1.807) is 18.4 Å². The van der Waals surface area contributed by atoms with E-state index in [9.17, 15) is 0 Å². The predicted molar refractivity (Wildman–Crippen MR) is 129 cm³/mol. The fourth-order valence-electron chi connectivity index (χ4n) is 4.76. The molecule has 164 valence electrons. The van der Waals surface area contributed by atoms with Crippen LogP contribution in [0.3, 0.4) is 0 Å². The maximum absolute atomic E-state index is 5.72. The van der Waals surface area contributed by atoms with Gasteiger partial charge in [-0.3, -0.25) is 9.88 Å². The average molecular weight is 438 g/mol. The van der Waals surface area contributed by atoms with E-state index in [2.05, 4.69) is 43.3 Å². The van der Waals surface area contributed by atoms with Gasteiger partial charge in [-0.2, -0.15) is 0 Å². The summed E-state index contributed by atoms with van der Waals surface area (Å²) in [6.07, 6.45) is 6.94. The number of pyridine rings is 1. The van der Waals surface area contributed by atoms with Crippen LogP contribution in [-0.2, 0) is 6.54 Å². The van der Waals surface area contributed by atoms with Gasteiger partial charge in [-0.1, -0.05) is 6.07 Å². The van der Waals surface area contributed by atoms with E-state index in [4.69, 9.17) is 9.72 Å². The van der Waals surface area contributed by atoms with Crippen LogP contribution in [0.15, 0.2) is 35.8 Å². The molecule has 0 bridgehead atoms. The van der Waals surface area contributed by atoms with E-state index in [0.717, 1.165) is 74.6 Å². The van der Waals surface area contributed by atoms with Crippen LogP contribution in [0.25, 0.3) is 10.9 Å². The number of hydrogen-bond acceptors (Lipinski definition) is 7. The van der Waals surface area contributed by atoms with Gasteiger partial charge in [-0.05, 0) is 43.9 Å². The highest BCUT2D eigenvalue weighted by Crippen LogP contribution is 2.35. The number of rotatable bonds is 5. The Labute approximate surface area is 188 Å². The Bertz CT molecular complexity index is 1020. The Balaban J connectivity index is 1.28. The second kappa shape index (κ2) is 9.40. The third-order valence-electron chi connectivity index (χ3n) is 6.39. The molecule has 0 aliphatic carbocycles. The number of fused-ring (bicyclic) bond motifs is 1. The Morgan fingerprint density at radius 2 is 1.81 bits per heavy atom. The monoisotopic (exact) mass is 437 g/mol. The molecular formula is C24H31N5OS. The molecule has 1 aromatic carbocycles. The molecule has 2 aliphatic rings. The fraction of sp³-hybridized carbons (Fsp3) is 0.500. The molecule has 0 N–H and O–H groups in total. The van der Waals surface area contributed by atoms with Crippen molar-refractivity contribution < 1.29 is 4.74 Å². The quantitative estimate of drug-likeness (QED) is 0.589. The van der Waals surface area contributed by atoms with Gasteiger partial charge in [0.25, 0.3) is 0 Å². The number of hydrogen-bond donors (Lipinski definition) is 0. The lowest BCUT2D eigenvalue weighted by molar-refractivity contribution is 0.282. The van der Waals surface area contributed by atoms with Crippen LogP contribution < -0.4 is 14.5 Å². The molecule has 7 heteroatoms. The van der Waals surface area contributed by atoms with Gasteiger partial charge in [-0.15, -0.1) is 11.3 Å². The molecule has 5 rings (SSSR count). The zero-order chi connectivity index (χ0) is 21.0. The highest BCUT2D eigenvalue weighted by Gasteiger charge is 2.22. The molecule has 2 fully saturated rings. The van der Waals surface area contributed by atoms with Crippen LogP contribution in [0.1, 0.15) is 31.4 Å². The standard InChI is InChI=1S/C24H31N5OS/c1-30-21-9-8-19-7-5-10-25-22(19)23(21)28-14-6-11-27(15-16-28)17-20-18-31-24(26-20)29-12-3-2-4-13-29/h5,7-10,18H,2-4,6,11-17H2,1H3. The average Bonchev–Trinajstić information content (AvgIpc) is 3.17. The third kappa shape index (κ3) is 4.48. The second-order valence-corrected chi connectivity index (χ2v) is 9.31. The number of methoxy groups -OCH3 is 1. The van der Waals surface area contributed by atoms with Crippen molar-refractivity contribution in [1.82, 2.24) is 14.9 Å². The Hall–Kier alpha value is -2.38. The molecule has 0 atom stereocenters. The molecular weight excluding hydrogens is 406 g/mol. The zero-order valence-corrected chi connectivity index (χ0v) is 19.1. The summed E-state index contributed by atoms with van der Waals surface area (Å²) in [6, 6.07) is 8.28. The van der Waals surface area contributed by atoms with E-state index in [1.807, 2.05) is 12.3 Å². The summed E-state index contributed by atoms with van der Waals surface area (Å²) in [5.74, 6) is 0.908. The van der Waals surface area contributed by atoms with Gasteiger partial charge in [-0.25, -0.2) is 4.98 Å². The molecule has 0 unspecified atom stereocenters. The van der Waals surface area contributed by atoms with Gasteiger partial charge in [0.15, 0.2) is 5.13 Å². The first kappa shape index (κ1) is 20.5. The van der Waals surface area contributed by atoms with Crippen LogP contribution in [0.2, 0.25) is 0 Å². The molecule has 0 radical (unpaired) electrons. The first-order valence-corrected chi connectivity index (χ1v) is 12.3.